The second-order valence-corrected chi connectivity index (χ2v) is 7.36. The van der Waals surface area contributed by atoms with Gasteiger partial charge < -0.3 is 9.47 Å². The van der Waals surface area contributed by atoms with Crippen LogP contribution in [0.4, 0.5) is 0 Å². The van der Waals surface area contributed by atoms with Crippen LogP contribution in [0.15, 0.2) is 48.5 Å². The Morgan fingerprint density at radius 3 is 2.30 bits per heavy atom. The van der Waals surface area contributed by atoms with Crippen molar-refractivity contribution in [2.24, 2.45) is 0 Å². The maximum Gasteiger partial charge on any atom is 0.340 e. The molecule has 0 radical (unpaired) electrons. The lowest BCUT2D eigenvalue weighted by molar-refractivity contribution is 0.0525. The molecule has 8 nitrogen and oxygen atoms in total. The predicted octanol–water partition coefficient (Wildman–Crippen LogP) is 4.65. The highest BCUT2D eigenvalue weighted by atomic mass is 16.5. The van der Waals surface area contributed by atoms with Gasteiger partial charge in [0.15, 0.2) is 0 Å². The molecule has 8 heteroatoms. The summed E-state index contributed by atoms with van der Waals surface area (Å²) in [5.74, 6) is 0.703. The number of carbonyl (C=O) groups excluding carboxylic acids is 1. The summed E-state index contributed by atoms with van der Waals surface area (Å²) in [6, 6.07) is 15.8. The van der Waals surface area contributed by atoms with Gasteiger partial charge in [-0.05, 0) is 42.2 Å². The molecule has 2 aromatic carbocycles. The number of nitrogens with one attached hydrogen (secondary N) is 1. The highest BCUT2D eigenvalue weighted by molar-refractivity contribution is 6.00. The van der Waals surface area contributed by atoms with E-state index < -0.39 is 5.97 Å². The Kier molecular flexibility index (Phi) is 6.44. The van der Waals surface area contributed by atoms with Crippen molar-refractivity contribution in [2.75, 3.05) is 13.7 Å². The summed E-state index contributed by atoms with van der Waals surface area (Å²) >= 11 is 0. The molecule has 0 saturated heterocycles. The van der Waals surface area contributed by atoms with E-state index in [2.05, 4.69) is 25.6 Å². The molecule has 0 aliphatic heterocycles. The number of hydrogen-bond acceptors (Lipinski definition) is 7. The van der Waals surface area contributed by atoms with Gasteiger partial charge in [-0.3, -0.25) is 4.98 Å². The first kappa shape index (κ1) is 22.1. The molecule has 0 aliphatic carbocycles. The molecule has 1 N–H and O–H groups in total. The third-order valence-corrected chi connectivity index (χ3v) is 5.42. The average molecular weight is 444 g/mol. The first-order valence-electron chi connectivity index (χ1n) is 10.8. The molecular weight excluding hydrogens is 418 g/mol. The number of tetrazole rings is 1. The molecule has 2 aromatic heterocycles. The zero-order chi connectivity index (χ0) is 23.4. The highest BCUT2D eigenvalue weighted by Gasteiger charge is 2.25. The molecule has 2 heterocycles. The zero-order valence-electron chi connectivity index (χ0n) is 19.0. The molecule has 0 amide bonds. The lowest BCUT2D eigenvalue weighted by Crippen LogP contribution is -2.13. The predicted molar refractivity (Wildman–Crippen MR) is 125 cm³/mol. The summed E-state index contributed by atoms with van der Waals surface area (Å²) in [5.41, 5.74) is 6.20. The first-order valence-corrected chi connectivity index (χ1v) is 10.8. The van der Waals surface area contributed by atoms with Crippen molar-refractivity contribution >= 4 is 5.97 Å². The molecule has 4 aromatic rings. The summed E-state index contributed by atoms with van der Waals surface area (Å²) < 4.78 is 11.1. The van der Waals surface area contributed by atoms with E-state index in [9.17, 15) is 4.79 Å². The van der Waals surface area contributed by atoms with Crippen LogP contribution in [0, 0.1) is 6.92 Å². The molecule has 168 valence electrons. The number of methoxy groups -OCH3 is 1. The number of nitrogens with zero attached hydrogens (tertiary/aromatic N) is 4. The van der Waals surface area contributed by atoms with E-state index in [0.29, 0.717) is 34.8 Å². The molecular formula is C25H25N5O3. The van der Waals surface area contributed by atoms with Crippen LogP contribution in [-0.2, 0) is 11.2 Å². The quantitative estimate of drug-likeness (QED) is 0.415. The number of pyridine rings is 1. The van der Waals surface area contributed by atoms with Crippen molar-refractivity contribution in [2.45, 2.75) is 27.2 Å². The van der Waals surface area contributed by atoms with E-state index in [-0.39, 0.29) is 6.61 Å². The van der Waals surface area contributed by atoms with Crippen LogP contribution < -0.4 is 4.74 Å². The molecule has 4 rings (SSSR count). The second kappa shape index (κ2) is 9.60. The number of carbonyl (C=O) groups is 1. The normalized spacial score (nSPS) is 10.8. The Bertz CT molecular complexity index is 1270. The van der Waals surface area contributed by atoms with Gasteiger partial charge in [-0.2, -0.15) is 5.21 Å². The van der Waals surface area contributed by atoms with Crippen LogP contribution in [0.1, 0.15) is 35.6 Å². The zero-order valence-corrected chi connectivity index (χ0v) is 19.0. The number of aryl methyl sites for hydroxylation is 2. The third kappa shape index (κ3) is 4.19. The number of benzene rings is 2. The number of hydrogen-bond donors (Lipinski definition) is 1. The van der Waals surface area contributed by atoms with Crippen LogP contribution in [0.5, 0.6) is 5.75 Å². The van der Waals surface area contributed by atoms with Crippen LogP contribution in [0.25, 0.3) is 33.6 Å². The van der Waals surface area contributed by atoms with Crippen LogP contribution in [0.3, 0.4) is 0 Å². The Labute approximate surface area is 192 Å². The van der Waals surface area contributed by atoms with Gasteiger partial charge in [0.05, 0.1) is 30.7 Å². The molecule has 0 unspecified atom stereocenters. The number of H-pyrrole nitrogens is 1. The Hall–Kier alpha value is -4.07. The Morgan fingerprint density at radius 1 is 1.00 bits per heavy atom. The van der Waals surface area contributed by atoms with Crippen molar-refractivity contribution < 1.29 is 14.3 Å². The van der Waals surface area contributed by atoms with E-state index in [4.69, 9.17) is 9.47 Å². The summed E-state index contributed by atoms with van der Waals surface area (Å²) in [4.78, 5) is 17.5. The fourth-order valence-electron chi connectivity index (χ4n) is 3.96. The lowest BCUT2D eigenvalue weighted by atomic mass is 9.93. The maximum absolute atomic E-state index is 12.9. The van der Waals surface area contributed by atoms with E-state index >= 15 is 0 Å². The summed E-state index contributed by atoms with van der Waals surface area (Å²) in [6.07, 6.45) is 0.677. The van der Waals surface area contributed by atoms with Crippen LogP contribution in [-0.4, -0.2) is 45.3 Å². The van der Waals surface area contributed by atoms with E-state index in [1.54, 1.807) is 14.0 Å². The van der Waals surface area contributed by atoms with Gasteiger partial charge in [0.25, 0.3) is 0 Å². The monoisotopic (exact) mass is 443 g/mol. The summed E-state index contributed by atoms with van der Waals surface area (Å²) in [7, 11) is 1.60. The first-order chi connectivity index (χ1) is 16.1. The van der Waals surface area contributed by atoms with Gasteiger partial charge in [0, 0.05) is 11.1 Å². The topological polar surface area (TPSA) is 103 Å². The highest BCUT2D eigenvalue weighted by Crippen LogP contribution is 2.39. The van der Waals surface area contributed by atoms with E-state index in [0.717, 1.165) is 27.9 Å². The fraction of sp³-hybridized carbons (Fsp3) is 0.240. The van der Waals surface area contributed by atoms with Crippen molar-refractivity contribution in [3.05, 3.63) is 65.5 Å². The van der Waals surface area contributed by atoms with Crippen LogP contribution >= 0.6 is 0 Å². The Balaban J connectivity index is 1.85. The van der Waals surface area contributed by atoms with E-state index in [1.807, 2.05) is 62.4 Å². The maximum atomic E-state index is 12.9. The Morgan fingerprint density at radius 2 is 1.70 bits per heavy atom. The number of esters is 1. The number of aromatic nitrogens is 5. The minimum atomic E-state index is -0.412. The molecule has 0 bridgehead atoms. The third-order valence-electron chi connectivity index (χ3n) is 5.42. The smallest absolute Gasteiger partial charge is 0.340 e. The largest absolute Gasteiger partial charge is 0.494 e. The molecule has 0 fully saturated rings. The lowest BCUT2D eigenvalue weighted by Gasteiger charge is -2.18. The van der Waals surface area contributed by atoms with Gasteiger partial charge in [-0.1, -0.05) is 55.5 Å². The average Bonchev–Trinajstić information content (AvgIpc) is 3.38. The number of rotatable bonds is 7. The van der Waals surface area contributed by atoms with Gasteiger partial charge >= 0.3 is 5.97 Å². The standard InChI is InChI=1S/C25H25N5O3/c1-5-20-23(32-4)22(21(15(3)26-20)25(31)33-6-2)17-13-11-16(12-14-17)18-9-7-8-10-19(18)24-27-29-30-28-24/h7-14H,5-6H2,1-4H3,(H,27,28,29,30). The summed E-state index contributed by atoms with van der Waals surface area (Å²) in [6.45, 7) is 5.90. The van der Waals surface area contributed by atoms with Gasteiger partial charge in [-0.15, -0.1) is 10.2 Å². The molecule has 0 spiro atoms. The van der Waals surface area contributed by atoms with Gasteiger partial charge in [0.2, 0.25) is 5.82 Å². The molecule has 0 saturated carbocycles. The van der Waals surface area contributed by atoms with Crippen molar-refractivity contribution in [3.63, 3.8) is 0 Å². The van der Waals surface area contributed by atoms with Gasteiger partial charge in [-0.25, -0.2) is 4.79 Å². The molecule has 0 aliphatic rings. The number of aromatic amines is 1. The van der Waals surface area contributed by atoms with Crippen LogP contribution in [0.2, 0.25) is 0 Å². The minimum Gasteiger partial charge on any atom is -0.494 e. The van der Waals surface area contributed by atoms with Gasteiger partial charge in [0.1, 0.15) is 5.75 Å². The number of ether oxygens (including phenoxy) is 2. The van der Waals surface area contributed by atoms with Crippen molar-refractivity contribution in [1.29, 1.82) is 0 Å². The second-order valence-electron chi connectivity index (χ2n) is 7.36. The molecule has 0 atom stereocenters. The van der Waals surface area contributed by atoms with Crippen molar-refractivity contribution in [3.8, 4) is 39.4 Å². The molecule has 33 heavy (non-hydrogen) atoms. The minimum absolute atomic E-state index is 0.279. The van der Waals surface area contributed by atoms with Crippen molar-refractivity contribution in [1.82, 2.24) is 25.6 Å². The summed E-state index contributed by atoms with van der Waals surface area (Å²) in [5, 5.41) is 14.4. The SMILES string of the molecule is CCOC(=O)c1c(C)nc(CC)c(OC)c1-c1ccc(-c2ccccc2-c2nn[nH]n2)cc1. The fourth-order valence-corrected chi connectivity index (χ4v) is 3.96. The van der Waals surface area contributed by atoms with E-state index in [1.165, 1.54) is 0 Å².